The average molecular weight is 175 g/mol. The van der Waals surface area contributed by atoms with Crippen molar-refractivity contribution < 1.29 is 0 Å². The molecule has 1 aromatic carbocycles. The maximum Gasteiger partial charge on any atom is 0.132 e. The van der Waals surface area contributed by atoms with E-state index in [0.29, 0.717) is 6.54 Å². The molecule has 1 atom stereocenters. The van der Waals surface area contributed by atoms with Crippen LogP contribution in [0, 0.1) is 0 Å². The molecule has 0 unspecified atom stereocenters. The molecule has 13 heavy (non-hydrogen) atoms. The van der Waals surface area contributed by atoms with E-state index >= 15 is 0 Å². The molecule has 0 bridgehead atoms. The lowest BCUT2D eigenvalue weighted by Crippen LogP contribution is -2.39. The van der Waals surface area contributed by atoms with E-state index in [1.165, 1.54) is 0 Å². The molecule has 2 rings (SSSR count). The Kier molecular flexibility index (Phi) is 2.02. The Labute approximate surface area is 77.9 Å². The molecular formula is C10H13N3. The summed E-state index contributed by atoms with van der Waals surface area (Å²) in [5.41, 5.74) is 6.95. The second-order valence-corrected chi connectivity index (χ2v) is 3.21. The average Bonchev–Trinajstić information content (AvgIpc) is 2.49. The molecule has 2 N–H and O–H groups in total. The normalized spacial score (nSPS) is 21.8. The fourth-order valence-electron chi connectivity index (χ4n) is 1.45. The van der Waals surface area contributed by atoms with Gasteiger partial charge in [-0.25, -0.2) is 0 Å². The van der Waals surface area contributed by atoms with Gasteiger partial charge in [-0.1, -0.05) is 30.3 Å². The Bertz CT molecular complexity index is 318. The summed E-state index contributed by atoms with van der Waals surface area (Å²) in [6.07, 6.45) is 0.0372. The summed E-state index contributed by atoms with van der Waals surface area (Å²) in [6, 6.07) is 10.1. The molecule has 0 fully saturated rings. The van der Waals surface area contributed by atoms with Gasteiger partial charge >= 0.3 is 0 Å². The summed E-state index contributed by atoms with van der Waals surface area (Å²) < 4.78 is 0. The summed E-state index contributed by atoms with van der Waals surface area (Å²) in [4.78, 5) is 6.39. The topological polar surface area (TPSA) is 41.6 Å². The van der Waals surface area contributed by atoms with Crippen LogP contribution in [0.1, 0.15) is 5.56 Å². The van der Waals surface area contributed by atoms with Gasteiger partial charge in [0.15, 0.2) is 0 Å². The van der Waals surface area contributed by atoms with Gasteiger partial charge in [0.2, 0.25) is 0 Å². The van der Waals surface area contributed by atoms with Gasteiger partial charge in [0.05, 0.1) is 12.7 Å². The van der Waals surface area contributed by atoms with Crippen LogP contribution in [0.5, 0.6) is 0 Å². The minimum absolute atomic E-state index is 0.0372. The van der Waals surface area contributed by atoms with Crippen molar-refractivity contribution in [3.63, 3.8) is 0 Å². The second-order valence-electron chi connectivity index (χ2n) is 3.21. The molecule has 1 aliphatic rings. The number of rotatable bonds is 1. The number of aliphatic imine (C=N–C) groups is 1. The Morgan fingerprint density at radius 3 is 2.62 bits per heavy atom. The third-order valence-corrected chi connectivity index (χ3v) is 2.29. The van der Waals surface area contributed by atoms with E-state index in [1.807, 2.05) is 42.3 Å². The quantitative estimate of drug-likeness (QED) is 0.681. The SMILES string of the molecule is CN1C(c2ccccc2)=NC[C@@H]1N. The molecule has 0 aromatic heterocycles. The van der Waals surface area contributed by atoms with Crippen molar-refractivity contribution in [1.82, 2.24) is 4.90 Å². The van der Waals surface area contributed by atoms with Crippen LogP contribution in [0.4, 0.5) is 0 Å². The first-order valence-electron chi connectivity index (χ1n) is 4.37. The highest BCUT2D eigenvalue weighted by Crippen LogP contribution is 2.11. The molecule has 0 saturated carbocycles. The lowest BCUT2D eigenvalue weighted by Gasteiger charge is -2.19. The number of hydrogen-bond acceptors (Lipinski definition) is 3. The minimum atomic E-state index is 0.0372. The molecule has 0 saturated heterocycles. The van der Waals surface area contributed by atoms with Crippen LogP contribution in [0.15, 0.2) is 35.3 Å². The van der Waals surface area contributed by atoms with Crippen molar-refractivity contribution in [1.29, 1.82) is 0 Å². The maximum absolute atomic E-state index is 5.82. The van der Waals surface area contributed by atoms with Crippen LogP contribution in [0.25, 0.3) is 0 Å². The molecular weight excluding hydrogens is 162 g/mol. The zero-order valence-electron chi connectivity index (χ0n) is 7.64. The van der Waals surface area contributed by atoms with E-state index in [-0.39, 0.29) is 6.17 Å². The largest absolute Gasteiger partial charge is 0.342 e. The fraction of sp³-hybridized carbons (Fsp3) is 0.300. The molecule has 0 amide bonds. The van der Waals surface area contributed by atoms with Gasteiger partial charge in [-0.3, -0.25) is 4.99 Å². The number of hydrogen-bond donors (Lipinski definition) is 1. The van der Waals surface area contributed by atoms with Crippen molar-refractivity contribution in [2.45, 2.75) is 6.17 Å². The summed E-state index contributed by atoms with van der Waals surface area (Å²) >= 11 is 0. The fourth-order valence-corrected chi connectivity index (χ4v) is 1.45. The number of amidine groups is 1. The van der Waals surface area contributed by atoms with Gasteiger partial charge in [-0.15, -0.1) is 0 Å². The van der Waals surface area contributed by atoms with Crippen LogP contribution in [0.2, 0.25) is 0 Å². The highest BCUT2D eigenvalue weighted by molar-refractivity contribution is 5.99. The molecule has 0 radical (unpaired) electrons. The van der Waals surface area contributed by atoms with Gasteiger partial charge in [-0.05, 0) is 0 Å². The van der Waals surface area contributed by atoms with Crippen LogP contribution in [0.3, 0.4) is 0 Å². The summed E-state index contributed by atoms with van der Waals surface area (Å²) in [5, 5.41) is 0. The second kappa shape index (κ2) is 3.18. The first kappa shape index (κ1) is 8.26. The van der Waals surface area contributed by atoms with Crippen LogP contribution >= 0.6 is 0 Å². The number of benzene rings is 1. The first-order chi connectivity index (χ1) is 6.29. The Hall–Kier alpha value is -1.35. The van der Waals surface area contributed by atoms with Crippen molar-refractivity contribution in [3.8, 4) is 0 Å². The van der Waals surface area contributed by atoms with Gasteiger partial charge < -0.3 is 10.6 Å². The number of likely N-dealkylation sites (N-methyl/N-ethyl adjacent to an activating group) is 1. The minimum Gasteiger partial charge on any atom is -0.342 e. The monoisotopic (exact) mass is 175 g/mol. The van der Waals surface area contributed by atoms with Crippen molar-refractivity contribution in [3.05, 3.63) is 35.9 Å². The predicted octanol–water partition coefficient (Wildman–Crippen LogP) is 0.663. The van der Waals surface area contributed by atoms with Crippen LogP contribution in [-0.2, 0) is 0 Å². The smallest absolute Gasteiger partial charge is 0.132 e. The third-order valence-electron chi connectivity index (χ3n) is 2.29. The zero-order valence-corrected chi connectivity index (χ0v) is 7.64. The van der Waals surface area contributed by atoms with Gasteiger partial charge in [0.25, 0.3) is 0 Å². The van der Waals surface area contributed by atoms with E-state index in [0.717, 1.165) is 11.4 Å². The van der Waals surface area contributed by atoms with Crippen LogP contribution in [-0.4, -0.2) is 30.5 Å². The molecule has 3 nitrogen and oxygen atoms in total. The highest BCUT2D eigenvalue weighted by Gasteiger charge is 2.21. The maximum atomic E-state index is 5.82. The summed E-state index contributed by atoms with van der Waals surface area (Å²) in [6.45, 7) is 0.695. The molecule has 68 valence electrons. The van der Waals surface area contributed by atoms with Gasteiger partial charge in [0, 0.05) is 12.6 Å². The van der Waals surface area contributed by atoms with Gasteiger partial charge in [0.1, 0.15) is 5.84 Å². The number of nitrogens with zero attached hydrogens (tertiary/aromatic N) is 2. The third kappa shape index (κ3) is 1.42. The Morgan fingerprint density at radius 2 is 2.08 bits per heavy atom. The molecule has 0 aliphatic carbocycles. The van der Waals surface area contributed by atoms with E-state index in [4.69, 9.17) is 5.73 Å². The molecule has 1 heterocycles. The lowest BCUT2D eigenvalue weighted by molar-refractivity contribution is 0.416. The van der Waals surface area contributed by atoms with E-state index < -0.39 is 0 Å². The zero-order chi connectivity index (χ0) is 9.26. The summed E-state index contributed by atoms with van der Waals surface area (Å²) in [5.74, 6) is 0.994. The predicted molar refractivity (Wildman–Crippen MR) is 53.6 cm³/mol. The first-order valence-corrected chi connectivity index (χ1v) is 4.37. The van der Waals surface area contributed by atoms with E-state index in [9.17, 15) is 0 Å². The van der Waals surface area contributed by atoms with Crippen molar-refractivity contribution >= 4 is 5.84 Å². The Morgan fingerprint density at radius 1 is 1.38 bits per heavy atom. The van der Waals surface area contributed by atoms with E-state index in [2.05, 4.69) is 4.99 Å². The van der Waals surface area contributed by atoms with Crippen LogP contribution < -0.4 is 5.73 Å². The van der Waals surface area contributed by atoms with Crippen molar-refractivity contribution in [2.75, 3.05) is 13.6 Å². The highest BCUT2D eigenvalue weighted by atomic mass is 15.3. The molecule has 1 aliphatic heterocycles. The Balaban J connectivity index is 2.29. The molecule has 3 heteroatoms. The van der Waals surface area contributed by atoms with E-state index in [1.54, 1.807) is 0 Å². The summed E-state index contributed by atoms with van der Waals surface area (Å²) in [7, 11) is 1.98. The van der Waals surface area contributed by atoms with Gasteiger partial charge in [-0.2, -0.15) is 0 Å². The van der Waals surface area contributed by atoms with Crippen molar-refractivity contribution in [2.24, 2.45) is 10.7 Å². The standard InChI is InChI=1S/C10H13N3/c1-13-9(11)7-12-10(13)8-5-3-2-4-6-8/h2-6,9H,7,11H2,1H3/t9-/m1/s1. The lowest BCUT2D eigenvalue weighted by atomic mass is 10.2. The molecule has 0 spiro atoms. The molecule has 1 aromatic rings. The number of nitrogens with two attached hydrogens (primary N) is 1.